The van der Waals surface area contributed by atoms with E-state index in [4.69, 9.17) is 28.9 Å². The fourth-order valence-electron chi connectivity index (χ4n) is 1.74. The summed E-state index contributed by atoms with van der Waals surface area (Å²) < 4.78 is 27.1. The van der Waals surface area contributed by atoms with Crippen LogP contribution in [0.2, 0.25) is 10.0 Å². The number of nitrogens with two attached hydrogens (primary N) is 1. The SMILES string of the molecule is CC(N)c1cccc(S(=O)(=O)Nc2ccc(Cl)c(Cl)c2)c1. The highest BCUT2D eigenvalue weighted by atomic mass is 35.5. The van der Waals surface area contributed by atoms with Crippen LogP contribution in [-0.2, 0) is 10.0 Å². The summed E-state index contributed by atoms with van der Waals surface area (Å²) in [7, 11) is -3.71. The first-order valence-electron chi connectivity index (χ1n) is 6.13. The molecule has 0 amide bonds. The number of benzene rings is 2. The second-order valence-corrected chi connectivity index (χ2v) is 7.09. The average molecular weight is 345 g/mol. The van der Waals surface area contributed by atoms with Crippen LogP contribution < -0.4 is 10.5 Å². The molecule has 4 nitrogen and oxygen atoms in total. The van der Waals surface area contributed by atoms with Gasteiger partial charge in [-0.05, 0) is 42.8 Å². The fourth-order valence-corrected chi connectivity index (χ4v) is 3.14. The maximum Gasteiger partial charge on any atom is 0.261 e. The van der Waals surface area contributed by atoms with Gasteiger partial charge in [-0.2, -0.15) is 0 Å². The van der Waals surface area contributed by atoms with E-state index in [-0.39, 0.29) is 16.0 Å². The molecule has 2 rings (SSSR count). The molecular formula is C14H14Cl2N2O2S. The van der Waals surface area contributed by atoms with Crippen molar-refractivity contribution in [3.63, 3.8) is 0 Å². The number of anilines is 1. The maximum atomic E-state index is 12.3. The normalized spacial score (nSPS) is 13.0. The van der Waals surface area contributed by atoms with Crippen molar-refractivity contribution in [2.45, 2.75) is 17.9 Å². The van der Waals surface area contributed by atoms with Gasteiger partial charge in [0, 0.05) is 6.04 Å². The number of nitrogens with one attached hydrogen (secondary N) is 1. The van der Waals surface area contributed by atoms with Gasteiger partial charge < -0.3 is 5.73 Å². The second-order valence-electron chi connectivity index (χ2n) is 4.60. The van der Waals surface area contributed by atoms with Crippen LogP contribution in [0.5, 0.6) is 0 Å². The summed E-state index contributed by atoms with van der Waals surface area (Å²) in [6.07, 6.45) is 0. The molecule has 0 saturated carbocycles. The molecule has 0 spiro atoms. The van der Waals surface area contributed by atoms with Crippen molar-refractivity contribution in [1.29, 1.82) is 0 Å². The van der Waals surface area contributed by atoms with Gasteiger partial charge in [0.05, 0.1) is 20.6 Å². The molecule has 1 atom stereocenters. The molecule has 21 heavy (non-hydrogen) atoms. The van der Waals surface area contributed by atoms with E-state index in [1.165, 1.54) is 18.2 Å². The molecule has 0 radical (unpaired) electrons. The molecular weight excluding hydrogens is 331 g/mol. The Morgan fingerprint density at radius 2 is 1.81 bits per heavy atom. The summed E-state index contributed by atoms with van der Waals surface area (Å²) >= 11 is 11.7. The van der Waals surface area contributed by atoms with Crippen LogP contribution >= 0.6 is 23.2 Å². The highest BCUT2D eigenvalue weighted by Crippen LogP contribution is 2.26. The van der Waals surface area contributed by atoms with Crippen LogP contribution in [-0.4, -0.2) is 8.42 Å². The standard InChI is InChI=1S/C14H14Cl2N2O2S/c1-9(17)10-3-2-4-12(7-10)21(19,20)18-11-5-6-13(15)14(16)8-11/h2-9,18H,17H2,1H3. The fraction of sp³-hybridized carbons (Fsp3) is 0.143. The largest absolute Gasteiger partial charge is 0.324 e. The quantitative estimate of drug-likeness (QED) is 0.885. The Balaban J connectivity index is 2.33. The van der Waals surface area contributed by atoms with Crippen LogP contribution in [0.3, 0.4) is 0 Å². The molecule has 1 unspecified atom stereocenters. The number of rotatable bonds is 4. The smallest absolute Gasteiger partial charge is 0.261 e. The third-order valence-electron chi connectivity index (χ3n) is 2.87. The van der Waals surface area contributed by atoms with Crippen LogP contribution in [0.25, 0.3) is 0 Å². The molecule has 3 N–H and O–H groups in total. The second kappa shape index (κ2) is 6.23. The molecule has 2 aromatic rings. The molecule has 0 saturated heterocycles. The summed E-state index contributed by atoms with van der Waals surface area (Å²) in [4.78, 5) is 0.142. The third-order valence-corrected chi connectivity index (χ3v) is 4.98. The average Bonchev–Trinajstić information content (AvgIpc) is 2.43. The van der Waals surface area contributed by atoms with E-state index in [1.54, 1.807) is 31.2 Å². The van der Waals surface area contributed by atoms with Gasteiger partial charge in [0.25, 0.3) is 10.0 Å². The Labute approximate surface area is 133 Å². The van der Waals surface area contributed by atoms with Gasteiger partial charge >= 0.3 is 0 Å². The van der Waals surface area contributed by atoms with Crippen molar-refractivity contribution >= 4 is 38.9 Å². The summed E-state index contributed by atoms with van der Waals surface area (Å²) in [5, 5.41) is 0.639. The van der Waals surface area contributed by atoms with Crippen molar-refractivity contribution in [2.75, 3.05) is 4.72 Å². The van der Waals surface area contributed by atoms with Gasteiger partial charge in [0.2, 0.25) is 0 Å². The van der Waals surface area contributed by atoms with Crippen molar-refractivity contribution < 1.29 is 8.42 Å². The maximum absolute atomic E-state index is 12.3. The Morgan fingerprint density at radius 3 is 2.43 bits per heavy atom. The molecule has 2 aromatic carbocycles. The predicted molar refractivity (Wildman–Crippen MR) is 86.3 cm³/mol. The van der Waals surface area contributed by atoms with Gasteiger partial charge in [-0.25, -0.2) is 8.42 Å². The summed E-state index contributed by atoms with van der Waals surface area (Å²) in [6.45, 7) is 1.79. The molecule has 0 heterocycles. The first-order valence-corrected chi connectivity index (χ1v) is 8.37. The first kappa shape index (κ1) is 16.1. The minimum Gasteiger partial charge on any atom is -0.324 e. The molecule has 0 aliphatic rings. The molecule has 7 heteroatoms. The van der Waals surface area contributed by atoms with E-state index in [0.717, 1.165) is 5.56 Å². The van der Waals surface area contributed by atoms with Crippen molar-refractivity contribution in [3.05, 3.63) is 58.1 Å². The zero-order valence-electron chi connectivity index (χ0n) is 11.2. The zero-order valence-corrected chi connectivity index (χ0v) is 13.5. The van der Waals surface area contributed by atoms with Crippen molar-refractivity contribution in [3.8, 4) is 0 Å². The highest BCUT2D eigenvalue weighted by molar-refractivity contribution is 7.92. The highest BCUT2D eigenvalue weighted by Gasteiger charge is 2.16. The van der Waals surface area contributed by atoms with E-state index >= 15 is 0 Å². The lowest BCUT2D eigenvalue weighted by atomic mass is 10.1. The lowest BCUT2D eigenvalue weighted by Crippen LogP contribution is -2.14. The number of hydrogen-bond donors (Lipinski definition) is 2. The minimum absolute atomic E-state index is 0.142. The van der Waals surface area contributed by atoms with Gasteiger partial charge in [-0.15, -0.1) is 0 Å². The van der Waals surface area contributed by atoms with Crippen molar-refractivity contribution in [1.82, 2.24) is 0 Å². The molecule has 0 aromatic heterocycles. The van der Waals surface area contributed by atoms with Crippen LogP contribution in [0.4, 0.5) is 5.69 Å². The molecule has 0 aliphatic heterocycles. The van der Waals surface area contributed by atoms with E-state index in [0.29, 0.717) is 10.7 Å². The van der Waals surface area contributed by atoms with Gasteiger partial charge in [-0.3, -0.25) is 4.72 Å². The Bertz CT molecular complexity index is 761. The van der Waals surface area contributed by atoms with E-state index in [9.17, 15) is 8.42 Å². The number of sulfonamides is 1. The minimum atomic E-state index is -3.71. The van der Waals surface area contributed by atoms with Gasteiger partial charge in [0.1, 0.15) is 0 Å². The van der Waals surface area contributed by atoms with E-state index in [2.05, 4.69) is 4.72 Å². The monoisotopic (exact) mass is 344 g/mol. The first-order chi connectivity index (χ1) is 9.79. The topological polar surface area (TPSA) is 72.2 Å². The third kappa shape index (κ3) is 3.89. The molecule has 112 valence electrons. The lowest BCUT2D eigenvalue weighted by Gasteiger charge is -2.11. The Kier molecular flexibility index (Phi) is 4.78. The summed E-state index contributed by atoms with van der Waals surface area (Å²) in [5.41, 5.74) is 6.85. The van der Waals surface area contributed by atoms with Crippen molar-refractivity contribution in [2.24, 2.45) is 5.73 Å². The lowest BCUT2D eigenvalue weighted by molar-refractivity contribution is 0.601. The predicted octanol–water partition coefficient (Wildman–Crippen LogP) is 3.81. The van der Waals surface area contributed by atoms with Crippen LogP contribution in [0, 0.1) is 0 Å². The van der Waals surface area contributed by atoms with Crippen LogP contribution in [0.15, 0.2) is 47.4 Å². The molecule has 0 bridgehead atoms. The number of halogens is 2. The molecule has 0 fully saturated rings. The molecule has 0 aliphatic carbocycles. The van der Waals surface area contributed by atoms with Gasteiger partial charge in [-0.1, -0.05) is 35.3 Å². The van der Waals surface area contributed by atoms with E-state index in [1.807, 2.05) is 0 Å². The van der Waals surface area contributed by atoms with Crippen LogP contribution in [0.1, 0.15) is 18.5 Å². The number of hydrogen-bond acceptors (Lipinski definition) is 3. The van der Waals surface area contributed by atoms with E-state index < -0.39 is 10.0 Å². The summed E-state index contributed by atoms with van der Waals surface area (Å²) in [5.74, 6) is 0. The summed E-state index contributed by atoms with van der Waals surface area (Å²) in [6, 6.07) is 10.8. The Hall–Kier alpha value is -1.27. The zero-order chi connectivity index (χ0) is 15.6. The van der Waals surface area contributed by atoms with Gasteiger partial charge in [0.15, 0.2) is 0 Å². The Morgan fingerprint density at radius 1 is 1.10 bits per heavy atom.